The van der Waals surface area contributed by atoms with Gasteiger partial charge in [0, 0.05) is 28.6 Å². The molecule has 6 nitrogen and oxygen atoms in total. The number of halogens is 1. The van der Waals surface area contributed by atoms with E-state index in [0.717, 1.165) is 23.0 Å². The van der Waals surface area contributed by atoms with Crippen molar-refractivity contribution in [3.63, 3.8) is 0 Å². The second kappa shape index (κ2) is 11.2. The number of anilines is 2. The van der Waals surface area contributed by atoms with Crippen molar-refractivity contribution in [1.29, 1.82) is 0 Å². The fourth-order valence-electron chi connectivity index (χ4n) is 2.60. The second-order valence-electron chi connectivity index (χ2n) is 5.89. The molecule has 0 saturated carbocycles. The van der Waals surface area contributed by atoms with Crippen LogP contribution in [0.4, 0.5) is 11.5 Å². The van der Waals surface area contributed by atoms with Crippen LogP contribution in [-0.4, -0.2) is 35.3 Å². The summed E-state index contributed by atoms with van der Waals surface area (Å²) >= 11 is 5.70. The van der Waals surface area contributed by atoms with Gasteiger partial charge in [-0.05, 0) is 43.7 Å². The van der Waals surface area contributed by atoms with Gasteiger partial charge in [-0.3, -0.25) is 4.79 Å². The number of hydrogen-bond donors (Lipinski definition) is 1. The van der Waals surface area contributed by atoms with Crippen molar-refractivity contribution in [1.82, 2.24) is 9.97 Å². The zero-order valence-corrected chi connectivity index (χ0v) is 17.9. The van der Waals surface area contributed by atoms with Crippen LogP contribution in [0.25, 0.3) is 10.9 Å². The van der Waals surface area contributed by atoms with E-state index in [4.69, 9.17) is 21.1 Å². The standard InChI is InChI=1S/C20H20ClN3O3.C2H6/c1-13(25)14-4-6-15(7-5-14)24-20-16-10-18(26-2)19(27-9-3-8-21)11-17(16)22-12-23-20;1-2/h4-7,10-12H,3,8-9H2,1-2H3,(H,22,23,24);1-2H3. The van der Waals surface area contributed by atoms with Gasteiger partial charge in [-0.1, -0.05) is 13.8 Å². The predicted molar refractivity (Wildman–Crippen MR) is 118 cm³/mol. The quantitative estimate of drug-likeness (QED) is 0.292. The van der Waals surface area contributed by atoms with Crippen molar-refractivity contribution >= 4 is 39.8 Å². The van der Waals surface area contributed by atoms with Crippen molar-refractivity contribution in [2.45, 2.75) is 27.2 Å². The number of ketones is 1. The Balaban J connectivity index is 0.00000145. The third-order valence-electron chi connectivity index (χ3n) is 4.01. The van der Waals surface area contributed by atoms with E-state index in [2.05, 4.69) is 15.3 Å². The Bertz CT molecular complexity index is 946. The summed E-state index contributed by atoms with van der Waals surface area (Å²) in [7, 11) is 1.59. The number of carbonyl (C=O) groups excluding carboxylic acids is 1. The number of benzene rings is 2. The highest BCUT2D eigenvalue weighted by molar-refractivity contribution is 6.17. The van der Waals surface area contributed by atoms with Crippen LogP contribution in [0, 0.1) is 0 Å². The average Bonchev–Trinajstić information content (AvgIpc) is 2.75. The molecular weight excluding hydrogens is 390 g/mol. The highest BCUT2D eigenvalue weighted by Crippen LogP contribution is 2.34. The number of carbonyl (C=O) groups is 1. The molecule has 0 unspecified atom stereocenters. The largest absolute Gasteiger partial charge is 0.493 e. The lowest BCUT2D eigenvalue weighted by atomic mass is 10.1. The highest BCUT2D eigenvalue weighted by atomic mass is 35.5. The van der Waals surface area contributed by atoms with E-state index in [0.29, 0.717) is 35.4 Å². The number of fused-ring (bicyclic) bond motifs is 1. The Labute approximate surface area is 176 Å². The summed E-state index contributed by atoms with van der Waals surface area (Å²) in [5, 5.41) is 4.06. The Morgan fingerprint density at radius 2 is 1.83 bits per heavy atom. The topological polar surface area (TPSA) is 73.3 Å². The number of alkyl halides is 1. The van der Waals surface area contributed by atoms with Crippen LogP contribution in [0.15, 0.2) is 42.7 Å². The molecule has 29 heavy (non-hydrogen) atoms. The monoisotopic (exact) mass is 415 g/mol. The molecule has 1 heterocycles. The molecule has 1 N–H and O–H groups in total. The Hall–Kier alpha value is -2.86. The van der Waals surface area contributed by atoms with Gasteiger partial charge in [0.05, 0.1) is 19.2 Å². The molecule has 0 bridgehead atoms. The molecule has 2 aromatic carbocycles. The summed E-state index contributed by atoms with van der Waals surface area (Å²) in [5.74, 6) is 2.42. The first-order chi connectivity index (χ1) is 14.1. The van der Waals surface area contributed by atoms with Crippen LogP contribution >= 0.6 is 11.6 Å². The van der Waals surface area contributed by atoms with Crippen LogP contribution in [0.2, 0.25) is 0 Å². The summed E-state index contributed by atoms with van der Waals surface area (Å²) in [6.45, 7) is 6.05. The maximum Gasteiger partial charge on any atom is 0.163 e. The highest BCUT2D eigenvalue weighted by Gasteiger charge is 2.12. The van der Waals surface area contributed by atoms with E-state index >= 15 is 0 Å². The molecule has 0 spiro atoms. The lowest BCUT2D eigenvalue weighted by Crippen LogP contribution is -2.01. The van der Waals surface area contributed by atoms with E-state index < -0.39 is 0 Å². The van der Waals surface area contributed by atoms with Gasteiger partial charge in [-0.25, -0.2) is 9.97 Å². The smallest absolute Gasteiger partial charge is 0.163 e. The van der Waals surface area contributed by atoms with E-state index in [1.54, 1.807) is 26.2 Å². The summed E-state index contributed by atoms with van der Waals surface area (Å²) in [6, 6.07) is 10.9. The van der Waals surface area contributed by atoms with Gasteiger partial charge in [0.25, 0.3) is 0 Å². The number of ether oxygens (including phenoxy) is 2. The lowest BCUT2D eigenvalue weighted by molar-refractivity contribution is 0.101. The minimum Gasteiger partial charge on any atom is -0.493 e. The molecule has 0 aliphatic carbocycles. The van der Waals surface area contributed by atoms with Crippen molar-refractivity contribution in [2.75, 3.05) is 24.9 Å². The molecule has 0 atom stereocenters. The van der Waals surface area contributed by atoms with Gasteiger partial charge >= 0.3 is 0 Å². The van der Waals surface area contributed by atoms with Gasteiger partial charge in [0.15, 0.2) is 17.3 Å². The van der Waals surface area contributed by atoms with Gasteiger partial charge in [-0.2, -0.15) is 0 Å². The molecule has 0 aliphatic heterocycles. The number of nitrogens with zero attached hydrogens (tertiary/aromatic N) is 2. The summed E-state index contributed by atoms with van der Waals surface area (Å²) < 4.78 is 11.2. The molecule has 0 fully saturated rings. The van der Waals surface area contributed by atoms with Crippen LogP contribution in [0.5, 0.6) is 11.5 Å². The third-order valence-corrected chi connectivity index (χ3v) is 4.28. The van der Waals surface area contributed by atoms with Crippen molar-refractivity contribution in [3.8, 4) is 11.5 Å². The predicted octanol–water partition coefficient (Wildman–Crippen LogP) is 5.62. The summed E-state index contributed by atoms with van der Waals surface area (Å²) in [6.07, 6.45) is 2.24. The van der Waals surface area contributed by atoms with E-state index in [1.807, 2.05) is 38.1 Å². The number of hydrogen-bond acceptors (Lipinski definition) is 6. The van der Waals surface area contributed by atoms with Gasteiger partial charge in [0.1, 0.15) is 12.1 Å². The number of aromatic nitrogens is 2. The molecule has 154 valence electrons. The van der Waals surface area contributed by atoms with E-state index in [-0.39, 0.29) is 5.78 Å². The zero-order chi connectivity index (χ0) is 21.2. The SMILES string of the molecule is CC.COc1cc2c(Nc3ccc(C(C)=O)cc3)ncnc2cc1OCCCCl. The molecule has 0 amide bonds. The maximum absolute atomic E-state index is 11.4. The lowest BCUT2D eigenvalue weighted by Gasteiger charge is -2.13. The average molecular weight is 416 g/mol. The number of nitrogens with one attached hydrogen (secondary N) is 1. The van der Waals surface area contributed by atoms with Crippen LogP contribution in [-0.2, 0) is 0 Å². The first kappa shape index (κ1) is 22.4. The fraction of sp³-hybridized carbons (Fsp3) is 0.318. The Morgan fingerprint density at radius 3 is 2.45 bits per heavy atom. The molecule has 0 saturated heterocycles. The summed E-state index contributed by atoms with van der Waals surface area (Å²) in [4.78, 5) is 20.1. The van der Waals surface area contributed by atoms with Gasteiger partial charge in [0.2, 0.25) is 0 Å². The van der Waals surface area contributed by atoms with Crippen LogP contribution < -0.4 is 14.8 Å². The minimum atomic E-state index is 0.0282. The number of methoxy groups -OCH3 is 1. The first-order valence-electron chi connectivity index (χ1n) is 9.52. The molecule has 1 aromatic heterocycles. The number of rotatable bonds is 8. The molecular formula is C22H26ClN3O3. The maximum atomic E-state index is 11.4. The van der Waals surface area contributed by atoms with Crippen molar-refractivity contribution < 1.29 is 14.3 Å². The Kier molecular flexibility index (Phi) is 8.68. The second-order valence-corrected chi connectivity index (χ2v) is 6.27. The van der Waals surface area contributed by atoms with E-state index in [1.165, 1.54) is 6.33 Å². The van der Waals surface area contributed by atoms with Crippen molar-refractivity contribution in [2.24, 2.45) is 0 Å². The third kappa shape index (κ3) is 5.81. The van der Waals surface area contributed by atoms with Gasteiger partial charge in [-0.15, -0.1) is 11.6 Å². The molecule has 0 aliphatic rings. The fourth-order valence-corrected chi connectivity index (χ4v) is 2.71. The molecule has 3 aromatic rings. The molecule has 7 heteroatoms. The zero-order valence-electron chi connectivity index (χ0n) is 17.2. The normalized spacial score (nSPS) is 10.1. The Morgan fingerprint density at radius 1 is 1.10 bits per heavy atom. The summed E-state index contributed by atoms with van der Waals surface area (Å²) in [5.41, 5.74) is 2.21. The van der Waals surface area contributed by atoms with Crippen LogP contribution in [0.3, 0.4) is 0 Å². The van der Waals surface area contributed by atoms with E-state index in [9.17, 15) is 4.79 Å². The van der Waals surface area contributed by atoms with Crippen LogP contribution in [0.1, 0.15) is 37.6 Å². The minimum absolute atomic E-state index is 0.0282. The van der Waals surface area contributed by atoms with Gasteiger partial charge < -0.3 is 14.8 Å². The van der Waals surface area contributed by atoms with Crippen molar-refractivity contribution in [3.05, 3.63) is 48.3 Å². The molecule has 0 radical (unpaired) electrons. The number of Topliss-reactive ketones (excluding diaryl/α,β-unsaturated/α-hetero) is 1. The first-order valence-corrected chi connectivity index (χ1v) is 10.1. The molecule has 3 rings (SSSR count).